The Balaban J connectivity index is 2.10. The van der Waals surface area contributed by atoms with Gasteiger partial charge in [0, 0.05) is 12.6 Å². The lowest BCUT2D eigenvalue weighted by molar-refractivity contribution is 0.0595. The number of rotatable bonds is 5. The molecule has 0 heterocycles. The summed E-state index contributed by atoms with van der Waals surface area (Å²) in [7, 11) is 0. The number of nitrogens with one attached hydrogen (secondary N) is 1. The number of hydrogen-bond acceptors (Lipinski definition) is 3. The predicted octanol–water partition coefficient (Wildman–Crippen LogP) is 3.09. The van der Waals surface area contributed by atoms with E-state index in [1.54, 1.807) is 0 Å². The molecule has 1 aromatic rings. The van der Waals surface area contributed by atoms with Gasteiger partial charge in [-0.25, -0.2) is 0 Å². The normalized spacial score (nSPS) is 22.5. The Hall–Kier alpha value is -1.06. The van der Waals surface area contributed by atoms with Crippen LogP contribution in [0.15, 0.2) is 12.1 Å². The summed E-state index contributed by atoms with van der Waals surface area (Å²) in [5.74, 6) is 0.948. The van der Waals surface area contributed by atoms with Crippen molar-refractivity contribution in [1.29, 1.82) is 0 Å². The van der Waals surface area contributed by atoms with Gasteiger partial charge in [-0.3, -0.25) is 0 Å². The molecular weight excluding hydrogens is 250 g/mol. The number of aliphatic hydroxyl groups excluding tert-OH is 1. The molecule has 0 aromatic heterocycles. The van der Waals surface area contributed by atoms with Gasteiger partial charge in [-0.1, -0.05) is 26.0 Å². The highest BCUT2D eigenvalue weighted by atomic mass is 16.5. The number of benzene rings is 1. The number of aliphatic hydroxyl groups is 1. The van der Waals surface area contributed by atoms with Gasteiger partial charge in [0.15, 0.2) is 0 Å². The molecule has 3 heteroatoms. The minimum Gasteiger partial charge on any atom is -0.487 e. The second-order valence-corrected chi connectivity index (χ2v) is 6.25. The molecule has 1 saturated carbocycles. The van der Waals surface area contributed by atoms with E-state index in [0.29, 0.717) is 6.04 Å². The maximum Gasteiger partial charge on any atom is 0.125 e. The van der Waals surface area contributed by atoms with Crippen molar-refractivity contribution in [3.63, 3.8) is 0 Å². The zero-order chi connectivity index (χ0) is 14.7. The molecule has 0 saturated heterocycles. The fourth-order valence-electron chi connectivity index (χ4n) is 2.85. The fraction of sp³-hybridized carbons (Fsp3) is 0.647. The average Bonchev–Trinajstić information content (AvgIpc) is 2.77. The van der Waals surface area contributed by atoms with Crippen molar-refractivity contribution in [2.45, 2.75) is 71.8 Å². The van der Waals surface area contributed by atoms with Crippen LogP contribution in [0.4, 0.5) is 0 Å². The van der Waals surface area contributed by atoms with Crippen LogP contribution in [-0.4, -0.2) is 23.4 Å². The van der Waals surface area contributed by atoms with Gasteiger partial charge in [0.2, 0.25) is 0 Å². The Bertz CT molecular complexity index is 433. The van der Waals surface area contributed by atoms with Crippen molar-refractivity contribution in [2.24, 2.45) is 0 Å². The van der Waals surface area contributed by atoms with Gasteiger partial charge in [-0.15, -0.1) is 0 Å². The molecule has 0 bridgehead atoms. The topological polar surface area (TPSA) is 41.5 Å². The molecule has 0 aliphatic heterocycles. The van der Waals surface area contributed by atoms with Crippen molar-refractivity contribution in [2.75, 3.05) is 0 Å². The highest BCUT2D eigenvalue weighted by Crippen LogP contribution is 2.30. The van der Waals surface area contributed by atoms with Crippen LogP contribution in [0.5, 0.6) is 5.75 Å². The molecule has 1 aliphatic carbocycles. The monoisotopic (exact) mass is 277 g/mol. The molecule has 1 aromatic carbocycles. The van der Waals surface area contributed by atoms with E-state index in [-0.39, 0.29) is 12.2 Å². The molecule has 20 heavy (non-hydrogen) atoms. The summed E-state index contributed by atoms with van der Waals surface area (Å²) in [5.41, 5.74) is 3.60. The van der Waals surface area contributed by atoms with Crippen LogP contribution in [0.2, 0.25) is 0 Å². The van der Waals surface area contributed by atoms with Gasteiger partial charge in [-0.05, 0) is 49.8 Å². The zero-order valence-electron chi connectivity index (χ0n) is 13.1. The third-order valence-corrected chi connectivity index (χ3v) is 3.92. The summed E-state index contributed by atoms with van der Waals surface area (Å²) in [6.07, 6.45) is 2.53. The Morgan fingerprint density at radius 3 is 2.40 bits per heavy atom. The van der Waals surface area contributed by atoms with Crippen LogP contribution in [0.3, 0.4) is 0 Å². The van der Waals surface area contributed by atoms with Crippen molar-refractivity contribution in [3.8, 4) is 5.75 Å². The summed E-state index contributed by atoms with van der Waals surface area (Å²) >= 11 is 0. The van der Waals surface area contributed by atoms with E-state index in [2.05, 4.69) is 45.1 Å². The van der Waals surface area contributed by atoms with Crippen LogP contribution in [0.25, 0.3) is 0 Å². The van der Waals surface area contributed by atoms with Crippen LogP contribution >= 0.6 is 0 Å². The lowest BCUT2D eigenvalue weighted by atomic mass is 10.0. The van der Waals surface area contributed by atoms with E-state index in [1.165, 1.54) is 5.56 Å². The maximum absolute atomic E-state index is 9.90. The average molecular weight is 277 g/mol. The minimum atomic E-state index is -0.309. The van der Waals surface area contributed by atoms with Gasteiger partial charge < -0.3 is 15.2 Å². The van der Waals surface area contributed by atoms with Crippen LogP contribution < -0.4 is 10.1 Å². The van der Waals surface area contributed by atoms with E-state index in [1.807, 2.05) is 0 Å². The maximum atomic E-state index is 9.90. The molecule has 2 atom stereocenters. The predicted molar refractivity (Wildman–Crippen MR) is 82.2 cm³/mol. The van der Waals surface area contributed by atoms with Crippen LogP contribution in [0.1, 0.15) is 49.8 Å². The summed E-state index contributed by atoms with van der Waals surface area (Å²) in [5, 5.41) is 13.3. The third kappa shape index (κ3) is 3.74. The summed E-state index contributed by atoms with van der Waals surface area (Å²) < 4.78 is 6.06. The second-order valence-electron chi connectivity index (χ2n) is 6.25. The van der Waals surface area contributed by atoms with Crippen molar-refractivity contribution in [1.82, 2.24) is 5.32 Å². The molecule has 0 spiro atoms. The van der Waals surface area contributed by atoms with Crippen LogP contribution in [-0.2, 0) is 6.54 Å². The highest BCUT2D eigenvalue weighted by molar-refractivity contribution is 5.43. The largest absolute Gasteiger partial charge is 0.487 e. The van der Waals surface area contributed by atoms with E-state index in [4.69, 9.17) is 4.74 Å². The zero-order valence-corrected chi connectivity index (χ0v) is 13.1. The smallest absolute Gasteiger partial charge is 0.125 e. The second kappa shape index (κ2) is 6.59. The number of hydrogen-bond donors (Lipinski definition) is 2. The Morgan fingerprint density at radius 2 is 1.90 bits per heavy atom. The van der Waals surface area contributed by atoms with E-state index in [0.717, 1.165) is 42.7 Å². The van der Waals surface area contributed by atoms with E-state index >= 15 is 0 Å². The van der Waals surface area contributed by atoms with Gasteiger partial charge >= 0.3 is 0 Å². The molecular formula is C17H27NO2. The summed E-state index contributed by atoms with van der Waals surface area (Å²) in [4.78, 5) is 0. The summed E-state index contributed by atoms with van der Waals surface area (Å²) in [6.45, 7) is 9.36. The molecule has 112 valence electrons. The van der Waals surface area contributed by atoms with Gasteiger partial charge in [0.1, 0.15) is 11.9 Å². The Morgan fingerprint density at radius 1 is 1.25 bits per heavy atom. The molecule has 1 fully saturated rings. The molecule has 1 aliphatic rings. The highest BCUT2D eigenvalue weighted by Gasteiger charge is 2.27. The lowest BCUT2D eigenvalue weighted by Gasteiger charge is -2.21. The molecule has 0 radical (unpaired) electrons. The van der Waals surface area contributed by atoms with Crippen molar-refractivity contribution >= 4 is 0 Å². The minimum absolute atomic E-state index is 0.0351. The first-order chi connectivity index (χ1) is 9.47. The van der Waals surface area contributed by atoms with Crippen molar-refractivity contribution < 1.29 is 9.84 Å². The standard InChI is InChI=1S/C17H27NO2/c1-11(2)18-10-14-8-12(3)17(13(4)9-14)20-16-7-5-6-15(16)19/h8-9,11,15-16,18-19H,5-7,10H2,1-4H3. The Labute approximate surface area is 122 Å². The van der Waals surface area contributed by atoms with Gasteiger partial charge in [-0.2, -0.15) is 0 Å². The van der Waals surface area contributed by atoms with Crippen LogP contribution in [0, 0.1) is 13.8 Å². The first-order valence-corrected chi connectivity index (χ1v) is 7.65. The first kappa shape index (κ1) is 15.3. The van der Waals surface area contributed by atoms with Gasteiger partial charge in [0.25, 0.3) is 0 Å². The number of aryl methyl sites for hydroxylation is 2. The molecule has 3 nitrogen and oxygen atoms in total. The van der Waals surface area contributed by atoms with E-state index in [9.17, 15) is 5.11 Å². The fourth-order valence-corrected chi connectivity index (χ4v) is 2.85. The quantitative estimate of drug-likeness (QED) is 0.869. The molecule has 2 rings (SSSR count). The third-order valence-electron chi connectivity index (χ3n) is 3.92. The SMILES string of the molecule is Cc1cc(CNC(C)C)cc(C)c1OC1CCCC1O. The molecule has 2 unspecified atom stereocenters. The summed E-state index contributed by atoms with van der Waals surface area (Å²) in [6, 6.07) is 4.85. The van der Waals surface area contributed by atoms with Gasteiger partial charge in [0.05, 0.1) is 6.10 Å². The first-order valence-electron chi connectivity index (χ1n) is 7.65. The number of ether oxygens (including phenoxy) is 1. The Kier molecular flexibility index (Phi) is 5.06. The molecule has 0 amide bonds. The van der Waals surface area contributed by atoms with E-state index < -0.39 is 0 Å². The van der Waals surface area contributed by atoms with Crippen molar-refractivity contribution in [3.05, 3.63) is 28.8 Å². The molecule has 2 N–H and O–H groups in total. The lowest BCUT2D eigenvalue weighted by Crippen LogP contribution is -2.26.